The van der Waals surface area contributed by atoms with E-state index >= 15 is 0 Å². The van der Waals surface area contributed by atoms with Gasteiger partial charge in [0.25, 0.3) is 0 Å². The topological polar surface area (TPSA) is 77.8 Å². The molecule has 0 saturated heterocycles. The number of nitrogens with zero attached hydrogens (tertiary/aromatic N) is 3. The minimum atomic E-state index is -0.130. The molecule has 100 valence electrons. The van der Waals surface area contributed by atoms with E-state index in [2.05, 4.69) is 15.1 Å². The van der Waals surface area contributed by atoms with Gasteiger partial charge in [0.2, 0.25) is 11.7 Å². The van der Waals surface area contributed by atoms with Crippen molar-refractivity contribution in [3.63, 3.8) is 0 Å². The van der Waals surface area contributed by atoms with Gasteiger partial charge in [-0.1, -0.05) is 17.3 Å². The van der Waals surface area contributed by atoms with Gasteiger partial charge in [0.1, 0.15) is 5.69 Å². The molecular weight excluding hydrogens is 272 g/mol. The predicted octanol–water partition coefficient (Wildman–Crippen LogP) is 2.86. The first-order valence-corrected chi connectivity index (χ1v) is 7.31. The highest BCUT2D eigenvalue weighted by Crippen LogP contribution is 2.53. The number of hydrogen-bond acceptors (Lipinski definition) is 6. The Balaban J connectivity index is 1.72. The largest absolute Gasteiger partial charge is 0.399 e. The Morgan fingerprint density at radius 2 is 2.00 bits per heavy atom. The molecule has 0 atom stereocenters. The van der Waals surface area contributed by atoms with E-state index in [1.54, 1.807) is 5.51 Å². The minimum absolute atomic E-state index is 0.130. The Labute approximate surface area is 119 Å². The van der Waals surface area contributed by atoms with Gasteiger partial charge in [-0.3, -0.25) is 0 Å². The van der Waals surface area contributed by atoms with Crippen LogP contribution in [0.2, 0.25) is 0 Å². The summed E-state index contributed by atoms with van der Waals surface area (Å²) in [5.74, 6) is 1.23. The van der Waals surface area contributed by atoms with Crippen LogP contribution in [-0.4, -0.2) is 15.1 Å². The third-order valence-corrected chi connectivity index (χ3v) is 4.30. The standard InChI is InChI=1S/C14H12N4OS/c15-10-3-1-9(2-4-10)14(5-6-14)13-17-12(18-19-13)11-7-20-8-16-11/h1-4,7-8H,5-6,15H2. The first kappa shape index (κ1) is 11.6. The predicted molar refractivity (Wildman–Crippen MR) is 76.3 cm³/mol. The van der Waals surface area contributed by atoms with Crippen LogP contribution in [0.5, 0.6) is 0 Å². The zero-order chi connectivity index (χ0) is 13.6. The second-order valence-electron chi connectivity index (χ2n) is 5.00. The molecule has 2 aromatic heterocycles. The molecule has 5 nitrogen and oxygen atoms in total. The highest BCUT2D eigenvalue weighted by Gasteiger charge is 2.51. The van der Waals surface area contributed by atoms with E-state index in [1.165, 1.54) is 16.9 Å². The Morgan fingerprint density at radius 3 is 2.65 bits per heavy atom. The average Bonchev–Trinajstić information content (AvgIpc) is 2.93. The summed E-state index contributed by atoms with van der Waals surface area (Å²) < 4.78 is 5.47. The number of nitrogens with two attached hydrogens (primary N) is 1. The van der Waals surface area contributed by atoms with Crippen molar-refractivity contribution >= 4 is 17.0 Å². The summed E-state index contributed by atoms with van der Waals surface area (Å²) in [6, 6.07) is 7.89. The summed E-state index contributed by atoms with van der Waals surface area (Å²) in [4.78, 5) is 8.72. The SMILES string of the molecule is Nc1ccc(C2(c3nc(-c4cscn4)no3)CC2)cc1. The lowest BCUT2D eigenvalue weighted by Gasteiger charge is -2.10. The van der Waals surface area contributed by atoms with Crippen LogP contribution in [0.15, 0.2) is 39.7 Å². The van der Waals surface area contributed by atoms with Crippen molar-refractivity contribution in [1.29, 1.82) is 0 Å². The van der Waals surface area contributed by atoms with Crippen LogP contribution in [-0.2, 0) is 5.41 Å². The number of hydrogen-bond donors (Lipinski definition) is 1. The molecule has 1 aromatic carbocycles. The van der Waals surface area contributed by atoms with E-state index in [0.29, 0.717) is 11.7 Å². The molecule has 1 fully saturated rings. The maximum absolute atomic E-state index is 5.74. The first-order chi connectivity index (χ1) is 9.78. The van der Waals surface area contributed by atoms with Crippen LogP contribution in [0.25, 0.3) is 11.5 Å². The number of nitrogen functional groups attached to an aromatic ring is 1. The molecule has 20 heavy (non-hydrogen) atoms. The van der Waals surface area contributed by atoms with Crippen molar-refractivity contribution in [3.05, 3.63) is 46.6 Å². The van der Waals surface area contributed by atoms with Crippen molar-refractivity contribution in [3.8, 4) is 11.5 Å². The molecule has 0 spiro atoms. The number of anilines is 1. The maximum Gasteiger partial charge on any atom is 0.237 e. The number of aromatic nitrogens is 3. The zero-order valence-electron chi connectivity index (χ0n) is 10.6. The van der Waals surface area contributed by atoms with Gasteiger partial charge in [-0.2, -0.15) is 4.98 Å². The Morgan fingerprint density at radius 1 is 1.20 bits per heavy atom. The number of thiazole rings is 1. The molecule has 0 aliphatic heterocycles. The van der Waals surface area contributed by atoms with Crippen molar-refractivity contribution in [2.24, 2.45) is 0 Å². The molecule has 3 aromatic rings. The first-order valence-electron chi connectivity index (χ1n) is 6.37. The summed E-state index contributed by atoms with van der Waals surface area (Å²) in [7, 11) is 0. The summed E-state index contributed by atoms with van der Waals surface area (Å²) >= 11 is 1.52. The van der Waals surface area contributed by atoms with Crippen LogP contribution >= 0.6 is 11.3 Å². The molecule has 2 N–H and O–H groups in total. The maximum atomic E-state index is 5.74. The molecule has 0 amide bonds. The second kappa shape index (κ2) is 4.14. The van der Waals surface area contributed by atoms with E-state index < -0.39 is 0 Å². The zero-order valence-corrected chi connectivity index (χ0v) is 11.4. The van der Waals surface area contributed by atoms with E-state index in [9.17, 15) is 0 Å². The molecule has 0 unspecified atom stereocenters. The lowest BCUT2D eigenvalue weighted by Crippen LogP contribution is -2.09. The Bertz CT molecular complexity index is 729. The van der Waals surface area contributed by atoms with E-state index in [-0.39, 0.29) is 5.41 Å². The summed E-state index contributed by atoms with van der Waals surface area (Å²) in [6.07, 6.45) is 2.05. The number of benzene rings is 1. The molecule has 4 rings (SSSR count). The van der Waals surface area contributed by atoms with Crippen molar-refractivity contribution in [2.75, 3.05) is 5.73 Å². The third-order valence-electron chi connectivity index (χ3n) is 3.71. The van der Waals surface area contributed by atoms with Crippen molar-refractivity contribution in [2.45, 2.75) is 18.3 Å². The van der Waals surface area contributed by atoms with Crippen molar-refractivity contribution in [1.82, 2.24) is 15.1 Å². The molecule has 1 aliphatic carbocycles. The molecule has 6 heteroatoms. The molecule has 2 heterocycles. The van der Waals surface area contributed by atoms with Gasteiger partial charge in [-0.05, 0) is 30.5 Å². The van der Waals surface area contributed by atoms with Gasteiger partial charge < -0.3 is 10.3 Å². The van der Waals surface area contributed by atoms with E-state index in [4.69, 9.17) is 10.3 Å². The highest BCUT2D eigenvalue weighted by molar-refractivity contribution is 7.07. The van der Waals surface area contributed by atoms with Gasteiger partial charge in [0.15, 0.2) is 0 Å². The average molecular weight is 284 g/mol. The second-order valence-corrected chi connectivity index (χ2v) is 5.72. The van der Waals surface area contributed by atoms with Gasteiger partial charge >= 0.3 is 0 Å². The van der Waals surface area contributed by atoms with Crippen LogP contribution < -0.4 is 5.73 Å². The smallest absolute Gasteiger partial charge is 0.237 e. The van der Waals surface area contributed by atoms with Crippen LogP contribution in [0.3, 0.4) is 0 Å². The lowest BCUT2D eigenvalue weighted by atomic mass is 9.96. The molecule has 0 bridgehead atoms. The van der Waals surface area contributed by atoms with Gasteiger partial charge in [0, 0.05) is 11.1 Å². The van der Waals surface area contributed by atoms with Crippen LogP contribution in [0.4, 0.5) is 5.69 Å². The number of rotatable bonds is 3. The monoisotopic (exact) mass is 284 g/mol. The molecule has 1 aliphatic rings. The Hall–Kier alpha value is -2.21. The molecule has 0 radical (unpaired) electrons. The minimum Gasteiger partial charge on any atom is -0.399 e. The Kier molecular flexibility index (Phi) is 2.40. The van der Waals surface area contributed by atoms with Gasteiger partial charge in [0.05, 0.1) is 10.9 Å². The normalized spacial score (nSPS) is 16.2. The lowest BCUT2D eigenvalue weighted by molar-refractivity contribution is 0.360. The summed E-state index contributed by atoms with van der Waals surface area (Å²) in [6.45, 7) is 0. The van der Waals surface area contributed by atoms with Crippen LogP contribution in [0.1, 0.15) is 24.3 Å². The highest BCUT2D eigenvalue weighted by atomic mass is 32.1. The molecular formula is C14H12N4OS. The van der Waals surface area contributed by atoms with Crippen molar-refractivity contribution < 1.29 is 4.52 Å². The summed E-state index contributed by atoms with van der Waals surface area (Å²) in [5.41, 5.74) is 10.1. The van der Waals surface area contributed by atoms with E-state index in [1.807, 2.05) is 29.6 Å². The van der Waals surface area contributed by atoms with E-state index in [0.717, 1.165) is 24.2 Å². The summed E-state index contributed by atoms with van der Waals surface area (Å²) in [5, 5.41) is 5.96. The third kappa shape index (κ3) is 1.72. The fourth-order valence-corrected chi connectivity index (χ4v) is 2.93. The molecule has 1 saturated carbocycles. The fraction of sp³-hybridized carbons (Fsp3) is 0.214. The van der Waals surface area contributed by atoms with Crippen LogP contribution in [0, 0.1) is 0 Å². The fourth-order valence-electron chi connectivity index (χ4n) is 2.40. The van der Waals surface area contributed by atoms with Gasteiger partial charge in [-0.15, -0.1) is 11.3 Å². The van der Waals surface area contributed by atoms with Gasteiger partial charge in [-0.25, -0.2) is 4.98 Å². The quantitative estimate of drug-likeness (QED) is 0.748.